The first-order chi connectivity index (χ1) is 3.18. The second kappa shape index (κ2) is 2.38. The lowest BCUT2D eigenvalue weighted by atomic mass is 11.0. The Hall–Kier alpha value is -0.810. The van der Waals surface area contributed by atoms with Crippen molar-refractivity contribution in [3.05, 3.63) is 0 Å². The third kappa shape index (κ3) is 1.96. The van der Waals surface area contributed by atoms with E-state index in [4.69, 9.17) is 5.21 Å². The highest BCUT2D eigenvalue weighted by Crippen LogP contribution is 1.65. The van der Waals surface area contributed by atoms with E-state index >= 15 is 0 Å². The number of nitrogens with one attached hydrogen (secondary N) is 1. The first-order valence-electron chi connectivity index (χ1n) is 1.61. The number of hydrogen-bond donors (Lipinski definition) is 3. The predicted molar refractivity (Wildman–Crippen MR) is 22.3 cm³/mol. The summed E-state index contributed by atoms with van der Waals surface area (Å²) in [5.74, 6) is 0. The lowest BCUT2D eigenvalue weighted by Gasteiger charge is -2.07. The highest BCUT2D eigenvalue weighted by Gasteiger charge is 1.95. The van der Waals surface area contributed by atoms with Crippen molar-refractivity contribution >= 4 is 6.03 Å². The molecule has 42 valence electrons. The molecule has 0 atom stereocenters. The Kier molecular flexibility index (Phi) is 2.10. The van der Waals surface area contributed by atoms with Gasteiger partial charge in [0, 0.05) is 7.05 Å². The number of nitrogens with two attached hydrogens (primary N) is 1. The second-order valence-corrected chi connectivity index (χ2v) is 0.997. The minimum absolute atomic E-state index is 0.734. The van der Waals surface area contributed by atoms with Crippen LogP contribution in [0.3, 0.4) is 0 Å². The summed E-state index contributed by atoms with van der Waals surface area (Å²) in [6.07, 6.45) is 0. The Morgan fingerprint density at radius 1 is 2.00 bits per heavy atom. The van der Waals surface area contributed by atoms with Crippen LogP contribution in [-0.2, 0) is 0 Å². The van der Waals surface area contributed by atoms with E-state index in [0.717, 1.165) is 5.01 Å². The quantitative estimate of drug-likeness (QED) is 0.370. The molecule has 0 aromatic heterocycles. The standard InChI is InChI=1S/C2H7N3O2/c1-5(4-7)2(3)6/h4,7H,1H3,(H2,3,6). The number of carbonyl (C=O) groups is 1. The zero-order valence-corrected chi connectivity index (χ0v) is 3.88. The summed E-state index contributed by atoms with van der Waals surface area (Å²) in [7, 11) is 1.29. The normalized spacial score (nSPS) is 8.29. The van der Waals surface area contributed by atoms with E-state index in [-0.39, 0.29) is 0 Å². The van der Waals surface area contributed by atoms with E-state index < -0.39 is 6.03 Å². The molecule has 0 spiro atoms. The minimum Gasteiger partial charge on any atom is -0.350 e. The summed E-state index contributed by atoms with van der Waals surface area (Å²) in [5.41, 5.74) is 6.13. The monoisotopic (exact) mass is 105 g/mol. The van der Waals surface area contributed by atoms with Crippen LogP contribution in [0.5, 0.6) is 0 Å². The van der Waals surface area contributed by atoms with Crippen molar-refractivity contribution in [1.29, 1.82) is 0 Å². The van der Waals surface area contributed by atoms with Crippen molar-refractivity contribution in [3.8, 4) is 0 Å². The number of primary amides is 1. The third-order valence-corrected chi connectivity index (χ3v) is 0.481. The molecular formula is C2H7N3O2. The number of urea groups is 1. The highest BCUT2D eigenvalue weighted by molar-refractivity contribution is 5.70. The van der Waals surface area contributed by atoms with Crippen LogP contribution in [0, 0.1) is 0 Å². The lowest BCUT2D eigenvalue weighted by Crippen LogP contribution is -2.40. The van der Waals surface area contributed by atoms with Gasteiger partial charge in [-0.2, -0.15) is 0 Å². The summed E-state index contributed by atoms with van der Waals surface area (Å²) >= 11 is 0. The SMILES string of the molecule is CN(NO)C(N)=O. The van der Waals surface area contributed by atoms with Crippen LogP contribution in [0.15, 0.2) is 0 Å². The molecule has 0 fully saturated rings. The minimum atomic E-state index is -0.734. The van der Waals surface area contributed by atoms with Gasteiger partial charge in [0.25, 0.3) is 0 Å². The Morgan fingerprint density at radius 2 is 2.43 bits per heavy atom. The van der Waals surface area contributed by atoms with Crippen LogP contribution in [0.1, 0.15) is 0 Å². The molecule has 0 aromatic rings. The van der Waals surface area contributed by atoms with Crippen molar-refractivity contribution in [2.75, 3.05) is 7.05 Å². The topological polar surface area (TPSA) is 78.6 Å². The molecule has 0 rings (SSSR count). The van der Waals surface area contributed by atoms with Gasteiger partial charge in [0.2, 0.25) is 0 Å². The van der Waals surface area contributed by atoms with Gasteiger partial charge >= 0.3 is 6.03 Å². The molecule has 2 amide bonds. The molecular weight excluding hydrogens is 98.0 g/mol. The first-order valence-corrected chi connectivity index (χ1v) is 1.61. The molecule has 4 N–H and O–H groups in total. The van der Waals surface area contributed by atoms with E-state index in [1.165, 1.54) is 12.6 Å². The molecule has 0 aromatic carbocycles. The van der Waals surface area contributed by atoms with Gasteiger partial charge in [-0.05, 0) is 0 Å². The molecule has 0 saturated heterocycles. The number of hydrogen-bond acceptors (Lipinski definition) is 3. The predicted octanol–water partition coefficient (Wildman–Crippen LogP) is -1.11. The molecule has 0 bridgehead atoms. The lowest BCUT2D eigenvalue weighted by molar-refractivity contribution is 0.0290. The molecule has 0 aliphatic heterocycles. The number of rotatable bonds is 1. The van der Waals surface area contributed by atoms with E-state index in [2.05, 4.69) is 5.73 Å². The maximum Gasteiger partial charge on any atom is 0.330 e. The van der Waals surface area contributed by atoms with E-state index in [0.29, 0.717) is 0 Å². The van der Waals surface area contributed by atoms with Crippen LogP contribution in [-0.4, -0.2) is 23.3 Å². The van der Waals surface area contributed by atoms with Crippen molar-refractivity contribution in [2.45, 2.75) is 0 Å². The molecule has 7 heavy (non-hydrogen) atoms. The molecule has 0 radical (unpaired) electrons. The summed E-state index contributed by atoms with van der Waals surface area (Å²) in [4.78, 5) is 9.86. The fourth-order valence-corrected chi connectivity index (χ4v) is 0.0493. The smallest absolute Gasteiger partial charge is 0.330 e. The number of hydrazine groups is 1. The van der Waals surface area contributed by atoms with Gasteiger partial charge in [0.05, 0.1) is 0 Å². The Labute approximate surface area is 40.6 Å². The average molecular weight is 105 g/mol. The molecule has 0 aliphatic rings. The fourth-order valence-electron chi connectivity index (χ4n) is 0.0493. The van der Waals surface area contributed by atoms with E-state index in [9.17, 15) is 4.79 Å². The zero-order valence-electron chi connectivity index (χ0n) is 3.88. The van der Waals surface area contributed by atoms with Gasteiger partial charge in [-0.1, -0.05) is 0 Å². The zero-order chi connectivity index (χ0) is 5.86. The fraction of sp³-hybridized carbons (Fsp3) is 0.500. The summed E-state index contributed by atoms with van der Waals surface area (Å²) in [6, 6.07) is -0.734. The molecule has 0 saturated carbocycles. The Bertz CT molecular complexity index is 73.3. The van der Waals surface area contributed by atoms with Crippen molar-refractivity contribution < 1.29 is 10.0 Å². The summed E-state index contributed by atoms with van der Waals surface area (Å²) < 4.78 is 0. The number of carbonyl (C=O) groups excluding carboxylic acids is 1. The van der Waals surface area contributed by atoms with Crippen molar-refractivity contribution in [1.82, 2.24) is 10.6 Å². The second-order valence-electron chi connectivity index (χ2n) is 0.997. The maximum absolute atomic E-state index is 9.86. The molecule has 5 nitrogen and oxygen atoms in total. The van der Waals surface area contributed by atoms with Crippen LogP contribution < -0.4 is 11.3 Å². The van der Waals surface area contributed by atoms with Gasteiger partial charge in [-0.15, -0.1) is 5.59 Å². The first kappa shape index (κ1) is 6.19. The van der Waals surface area contributed by atoms with Gasteiger partial charge < -0.3 is 5.73 Å². The van der Waals surface area contributed by atoms with Gasteiger partial charge in [-0.25, -0.2) is 9.80 Å². The van der Waals surface area contributed by atoms with Gasteiger partial charge in [-0.3, -0.25) is 5.21 Å². The Balaban J connectivity index is 3.34. The van der Waals surface area contributed by atoms with Gasteiger partial charge in [0.1, 0.15) is 0 Å². The van der Waals surface area contributed by atoms with Crippen LogP contribution >= 0.6 is 0 Å². The summed E-state index contributed by atoms with van der Waals surface area (Å²) in [6.45, 7) is 0. The van der Waals surface area contributed by atoms with Crippen LogP contribution in [0.2, 0.25) is 0 Å². The maximum atomic E-state index is 9.86. The Morgan fingerprint density at radius 3 is 2.43 bits per heavy atom. The summed E-state index contributed by atoms with van der Waals surface area (Å²) in [5, 5.41) is 8.62. The highest BCUT2D eigenvalue weighted by atomic mass is 16.5. The van der Waals surface area contributed by atoms with E-state index in [1.54, 1.807) is 0 Å². The third-order valence-electron chi connectivity index (χ3n) is 0.481. The van der Waals surface area contributed by atoms with Crippen LogP contribution in [0.4, 0.5) is 4.79 Å². The average Bonchev–Trinajstić information content (AvgIpc) is 1.65. The van der Waals surface area contributed by atoms with E-state index in [1.807, 2.05) is 0 Å². The molecule has 5 heteroatoms. The molecule has 0 aliphatic carbocycles. The number of nitrogens with zero attached hydrogens (tertiary/aromatic N) is 1. The van der Waals surface area contributed by atoms with Crippen LogP contribution in [0.25, 0.3) is 0 Å². The molecule has 0 unspecified atom stereocenters. The largest absolute Gasteiger partial charge is 0.350 e. The van der Waals surface area contributed by atoms with Gasteiger partial charge in [0.15, 0.2) is 0 Å². The molecule has 0 heterocycles. The van der Waals surface area contributed by atoms with Crippen molar-refractivity contribution in [2.24, 2.45) is 5.73 Å². The number of amides is 2. The van der Waals surface area contributed by atoms with Crippen molar-refractivity contribution in [3.63, 3.8) is 0 Å².